The first-order valence-electron chi connectivity index (χ1n) is 4.89. The Labute approximate surface area is 96.1 Å². The van der Waals surface area contributed by atoms with Crippen molar-refractivity contribution >= 4 is 17.3 Å². The zero-order valence-electron chi connectivity index (χ0n) is 9.08. The quantitative estimate of drug-likeness (QED) is 0.816. The van der Waals surface area contributed by atoms with E-state index in [0.717, 1.165) is 0 Å². The maximum atomic E-state index is 12.5. The molecule has 0 saturated carbocycles. The lowest BCUT2D eigenvalue weighted by atomic mass is 10.1. The van der Waals surface area contributed by atoms with Crippen LogP contribution in [-0.4, -0.2) is 17.8 Å². The average Bonchev–Trinajstić information content (AvgIpc) is 2.24. The number of para-hydroxylation sites is 1. The SMILES string of the molecule is CCC(=Nc1ccccc1C(N)=O)C(F)(F)F. The highest BCUT2D eigenvalue weighted by Crippen LogP contribution is 2.25. The molecule has 17 heavy (non-hydrogen) atoms. The second-order valence-electron chi connectivity index (χ2n) is 3.29. The van der Waals surface area contributed by atoms with Crippen LogP contribution in [-0.2, 0) is 0 Å². The van der Waals surface area contributed by atoms with Gasteiger partial charge in [-0.1, -0.05) is 19.1 Å². The largest absolute Gasteiger partial charge is 0.429 e. The fraction of sp³-hybridized carbons (Fsp3) is 0.273. The Morgan fingerprint density at radius 3 is 2.41 bits per heavy atom. The number of halogens is 3. The number of rotatable bonds is 3. The number of carbonyl (C=O) groups is 1. The Morgan fingerprint density at radius 1 is 1.35 bits per heavy atom. The van der Waals surface area contributed by atoms with Gasteiger partial charge >= 0.3 is 6.18 Å². The molecule has 0 aliphatic rings. The van der Waals surface area contributed by atoms with Gasteiger partial charge in [-0.05, 0) is 18.6 Å². The molecule has 3 nitrogen and oxygen atoms in total. The van der Waals surface area contributed by atoms with Gasteiger partial charge in [0.2, 0.25) is 0 Å². The summed E-state index contributed by atoms with van der Waals surface area (Å²) >= 11 is 0. The Kier molecular flexibility index (Phi) is 3.88. The molecule has 0 aliphatic heterocycles. The van der Waals surface area contributed by atoms with E-state index in [-0.39, 0.29) is 17.7 Å². The highest BCUT2D eigenvalue weighted by Gasteiger charge is 2.34. The van der Waals surface area contributed by atoms with Crippen LogP contribution in [0.2, 0.25) is 0 Å². The van der Waals surface area contributed by atoms with Crippen molar-refractivity contribution in [1.29, 1.82) is 0 Å². The second kappa shape index (κ2) is 4.99. The van der Waals surface area contributed by atoms with Crippen LogP contribution in [0.3, 0.4) is 0 Å². The van der Waals surface area contributed by atoms with Crippen LogP contribution >= 0.6 is 0 Å². The summed E-state index contributed by atoms with van der Waals surface area (Å²) in [5.41, 5.74) is 4.03. The number of primary amides is 1. The van der Waals surface area contributed by atoms with E-state index in [1.54, 1.807) is 0 Å². The molecule has 0 aromatic heterocycles. The normalized spacial score (nSPS) is 12.6. The predicted octanol–water partition coefficient (Wildman–Crippen LogP) is 2.83. The van der Waals surface area contributed by atoms with Crippen LogP contribution < -0.4 is 5.73 Å². The minimum Gasteiger partial charge on any atom is -0.366 e. The molecule has 2 N–H and O–H groups in total. The number of amides is 1. The molecule has 92 valence electrons. The van der Waals surface area contributed by atoms with Gasteiger partial charge in [-0.15, -0.1) is 0 Å². The number of hydrogen-bond acceptors (Lipinski definition) is 2. The van der Waals surface area contributed by atoms with E-state index in [1.807, 2.05) is 0 Å². The molecular weight excluding hydrogens is 233 g/mol. The first kappa shape index (κ1) is 13.2. The Balaban J connectivity index is 3.25. The van der Waals surface area contributed by atoms with Gasteiger partial charge in [-0.25, -0.2) is 4.99 Å². The lowest BCUT2D eigenvalue weighted by molar-refractivity contribution is -0.0602. The molecule has 0 aliphatic carbocycles. The lowest BCUT2D eigenvalue weighted by Crippen LogP contribution is -2.22. The summed E-state index contributed by atoms with van der Waals surface area (Å²) in [6.45, 7) is 1.35. The summed E-state index contributed by atoms with van der Waals surface area (Å²) in [7, 11) is 0. The van der Waals surface area contributed by atoms with Crippen molar-refractivity contribution in [3.63, 3.8) is 0 Å². The summed E-state index contributed by atoms with van der Waals surface area (Å²) in [5.74, 6) is -0.804. The van der Waals surface area contributed by atoms with Crippen molar-refractivity contribution in [2.75, 3.05) is 0 Å². The van der Waals surface area contributed by atoms with Gasteiger partial charge in [0.15, 0.2) is 0 Å². The number of nitrogens with zero attached hydrogens (tertiary/aromatic N) is 1. The number of benzene rings is 1. The van der Waals surface area contributed by atoms with E-state index in [0.29, 0.717) is 0 Å². The number of aliphatic imine (C=N–C) groups is 1. The fourth-order valence-electron chi connectivity index (χ4n) is 1.27. The molecule has 0 heterocycles. The smallest absolute Gasteiger partial charge is 0.366 e. The molecule has 1 amide bonds. The van der Waals surface area contributed by atoms with E-state index in [2.05, 4.69) is 4.99 Å². The Morgan fingerprint density at radius 2 is 1.94 bits per heavy atom. The molecule has 0 unspecified atom stereocenters. The van der Waals surface area contributed by atoms with E-state index in [4.69, 9.17) is 5.73 Å². The van der Waals surface area contributed by atoms with Crippen LogP contribution in [0.15, 0.2) is 29.3 Å². The fourth-order valence-corrected chi connectivity index (χ4v) is 1.27. The van der Waals surface area contributed by atoms with Crippen molar-refractivity contribution < 1.29 is 18.0 Å². The first-order chi connectivity index (χ1) is 7.86. The second-order valence-corrected chi connectivity index (χ2v) is 3.29. The highest BCUT2D eigenvalue weighted by atomic mass is 19.4. The van der Waals surface area contributed by atoms with Gasteiger partial charge in [0.25, 0.3) is 5.91 Å². The van der Waals surface area contributed by atoms with Crippen molar-refractivity contribution in [3.8, 4) is 0 Å². The minimum atomic E-state index is -4.50. The van der Waals surface area contributed by atoms with Crippen molar-refractivity contribution in [2.24, 2.45) is 10.7 Å². The molecular formula is C11H11F3N2O. The number of carbonyl (C=O) groups excluding carboxylic acids is 1. The Bertz CT molecular complexity index is 452. The zero-order chi connectivity index (χ0) is 13.1. The molecule has 6 heteroatoms. The van der Waals surface area contributed by atoms with Gasteiger partial charge in [0.1, 0.15) is 5.71 Å². The molecule has 0 spiro atoms. The van der Waals surface area contributed by atoms with Gasteiger partial charge in [0.05, 0.1) is 11.3 Å². The van der Waals surface area contributed by atoms with Crippen LogP contribution in [0.1, 0.15) is 23.7 Å². The standard InChI is InChI=1S/C11H11F3N2O/c1-2-9(11(12,13)14)16-8-6-4-3-5-7(8)10(15)17/h3-6H,2H2,1H3,(H2,15,17). The third kappa shape index (κ3) is 3.30. The van der Waals surface area contributed by atoms with Crippen LogP contribution in [0.5, 0.6) is 0 Å². The lowest BCUT2D eigenvalue weighted by Gasteiger charge is -2.09. The molecule has 1 aromatic rings. The van der Waals surface area contributed by atoms with Gasteiger partial charge < -0.3 is 5.73 Å². The highest BCUT2D eigenvalue weighted by molar-refractivity contribution is 6.00. The average molecular weight is 244 g/mol. The van der Waals surface area contributed by atoms with Crippen LogP contribution in [0.25, 0.3) is 0 Å². The topological polar surface area (TPSA) is 55.4 Å². The van der Waals surface area contributed by atoms with Gasteiger partial charge in [0, 0.05) is 0 Å². The number of alkyl halides is 3. The summed E-state index contributed by atoms with van der Waals surface area (Å²) in [6.07, 6.45) is -4.77. The summed E-state index contributed by atoms with van der Waals surface area (Å²) in [6, 6.07) is 5.67. The summed E-state index contributed by atoms with van der Waals surface area (Å²) in [4.78, 5) is 14.5. The monoisotopic (exact) mass is 244 g/mol. The van der Waals surface area contributed by atoms with Gasteiger partial charge in [-0.3, -0.25) is 4.79 Å². The molecule has 1 rings (SSSR count). The third-order valence-corrected chi connectivity index (χ3v) is 2.09. The minimum absolute atomic E-state index is 0.0253. The molecule has 1 aromatic carbocycles. The van der Waals surface area contributed by atoms with Crippen molar-refractivity contribution in [2.45, 2.75) is 19.5 Å². The van der Waals surface area contributed by atoms with Gasteiger partial charge in [-0.2, -0.15) is 13.2 Å². The zero-order valence-corrected chi connectivity index (χ0v) is 9.08. The molecule has 0 radical (unpaired) electrons. The predicted molar refractivity (Wildman–Crippen MR) is 58.4 cm³/mol. The number of nitrogens with two attached hydrogens (primary N) is 1. The maximum Gasteiger partial charge on any atom is 0.429 e. The van der Waals surface area contributed by atoms with Crippen LogP contribution in [0, 0.1) is 0 Å². The molecule has 0 fully saturated rings. The van der Waals surface area contributed by atoms with E-state index < -0.39 is 17.8 Å². The molecule has 0 saturated heterocycles. The van der Waals surface area contributed by atoms with Crippen molar-refractivity contribution in [1.82, 2.24) is 0 Å². The van der Waals surface area contributed by atoms with Crippen LogP contribution in [0.4, 0.5) is 18.9 Å². The number of hydrogen-bond donors (Lipinski definition) is 1. The van der Waals surface area contributed by atoms with E-state index in [9.17, 15) is 18.0 Å². The van der Waals surface area contributed by atoms with E-state index >= 15 is 0 Å². The Hall–Kier alpha value is -1.85. The molecule has 0 bridgehead atoms. The maximum absolute atomic E-state index is 12.5. The summed E-state index contributed by atoms with van der Waals surface area (Å²) in [5, 5.41) is 0. The van der Waals surface area contributed by atoms with E-state index in [1.165, 1.54) is 31.2 Å². The summed E-state index contributed by atoms with van der Waals surface area (Å²) < 4.78 is 37.5. The third-order valence-electron chi connectivity index (χ3n) is 2.09. The molecule has 0 atom stereocenters. The first-order valence-corrected chi connectivity index (χ1v) is 4.89. The van der Waals surface area contributed by atoms with Crippen molar-refractivity contribution in [3.05, 3.63) is 29.8 Å².